The van der Waals surface area contributed by atoms with Gasteiger partial charge in [0.1, 0.15) is 0 Å². The van der Waals surface area contributed by atoms with E-state index in [2.05, 4.69) is 10.9 Å². The van der Waals surface area contributed by atoms with Crippen LogP contribution in [0.2, 0.25) is 0 Å². The van der Waals surface area contributed by atoms with Gasteiger partial charge in [-0.2, -0.15) is 5.26 Å². The number of rotatable bonds is 4. The highest BCUT2D eigenvalue weighted by atomic mass is 19.1. The number of hydrogen-bond donors (Lipinski definition) is 2. The first-order valence-corrected chi connectivity index (χ1v) is 7.03. The third-order valence-electron chi connectivity index (χ3n) is 3.09. The van der Waals surface area contributed by atoms with E-state index in [1.165, 1.54) is 49.4 Å². The molecule has 0 heterocycles. The summed E-state index contributed by atoms with van der Waals surface area (Å²) in [6, 6.07) is 13.5. The van der Waals surface area contributed by atoms with E-state index in [9.17, 15) is 14.0 Å². The molecule has 1 atom stereocenters. The molecule has 2 N–H and O–H groups in total. The van der Waals surface area contributed by atoms with Crippen molar-refractivity contribution in [2.45, 2.75) is 13.0 Å². The molecule has 2 aromatic rings. The second-order valence-electron chi connectivity index (χ2n) is 4.82. The van der Waals surface area contributed by atoms with Crippen molar-refractivity contribution in [2.24, 2.45) is 0 Å². The Bertz CT molecular complexity index is 784. The van der Waals surface area contributed by atoms with E-state index in [0.717, 1.165) is 0 Å². The monoisotopic (exact) mass is 327 g/mol. The predicted molar refractivity (Wildman–Crippen MR) is 83.3 cm³/mol. The third-order valence-corrected chi connectivity index (χ3v) is 3.09. The molecule has 0 aliphatic carbocycles. The molecule has 0 aliphatic rings. The van der Waals surface area contributed by atoms with Crippen molar-refractivity contribution < 1.29 is 18.7 Å². The first kappa shape index (κ1) is 17.0. The zero-order valence-electron chi connectivity index (χ0n) is 12.7. The Labute approximate surface area is 137 Å². The molecule has 2 rings (SSSR count). The molecule has 24 heavy (non-hydrogen) atoms. The van der Waals surface area contributed by atoms with Crippen LogP contribution in [0.1, 0.15) is 22.8 Å². The number of hydrazine groups is 1. The smallest absolute Gasteiger partial charge is 0.279 e. The minimum atomic E-state index is -1.01. The maximum Gasteiger partial charge on any atom is 0.279 e. The van der Waals surface area contributed by atoms with E-state index < -0.39 is 23.7 Å². The van der Waals surface area contributed by atoms with Crippen LogP contribution >= 0.6 is 0 Å². The molecule has 7 heteroatoms. The van der Waals surface area contributed by atoms with Gasteiger partial charge < -0.3 is 4.74 Å². The lowest BCUT2D eigenvalue weighted by molar-refractivity contribution is -0.128. The number of halogens is 1. The topological polar surface area (TPSA) is 91.2 Å². The number of benzene rings is 2. The van der Waals surface area contributed by atoms with Crippen molar-refractivity contribution in [2.75, 3.05) is 0 Å². The molecule has 0 spiro atoms. The highest BCUT2D eigenvalue weighted by Gasteiger charge is 2.17. The normalized spacial score (nSPS) is 11.0. The number of carbonyl (C=O) groups is 2. The van der Waals surface area contributed by atoms with Crippen LogP contribution in [0, 0.1) is 17.1 Å². The van der Waals surface area contributed by atoms with Crippen LogP contribution < -0.4 is 15.6 Å². The van der Waals surface area contributed by atoms with Crippen LogP contribution in [0.5, 0.6) is 5.75 Å². The standard InChI is InChI=1S/C17H14FN3O3/c1-11(24-15-5-3-2-4-14(15)18)16(22)20-21-17(23)13-8-6-12(10-19)7-9-13/h2-9,11H,1H3,(H,20,22)(H,21,23)/t11-/m1/s1. The Hall–Kier alpha value is -3.40. The summed E-state index contributed by atoms with van der Waals surface area (Å²) in [6.45, 7) is 1.43. The van der Waals surface area contributed by atoms with Gasteiger partial charge in [-0.3, -0.25) is 20.4 Å². The van der Waals surface area contributed by atoms with Gasteiger partial charge in [0.25, 0.3) is 11.8 Å². The quantitative estimate of drug-likeness (QED) is 0.840. The van der Waals surface area contributed by atoms with Crippen molar-refractivity contribution in [1.29, 1.82) is 5.26 Å². The number of nitrogens with zero attached hydrogens (tertiary/aromatic N) is 1. The molecule has 0 fully saturated rings. The lowest BCUT2D eigenvalue weighted by Crippen LogP contribution is -2.47. The van der Waals surface area contributed by atoms with Gasteiger partial charge >= 0.3 is 0 Å². The maximum atomic E-state index is 13.5. The molecule has 0 unspecified atom stereocenters. The summed E-state index contributed by atoms with van der Waals surface area (Å²) in [6.07, 6.45) is -1.01. The fraction of sp³-hybridized carbons (Fsp3) is 0.118. The summed E-state index contributed by atoms with van der Waals surface area (Å²) in [5, 5.41) is 8.70. The van der Waals surface area contributed by atoms with Crippen molar-refractivity contribution in [1.82, 2.24) is 10.9 Å². The van der Waals surface area contributed by atoms with Gasteiger partial charge in [-0.25, -0.2) is 4.39 Å². The molecule has 0 radical (unpaired) electrons. The first-order valence-electron chi connectivity index (χ1n) is 7.03. The van der Waals surface area contributed by atoms with E-state index in [0.29, 0.717) is 5.56 Å². The van der Waals surface area contributed by atoms with Gasteiger partial charge in [0.15, 0.2) is 17.7 Å². The number of nitriles is 1. The molecule has 0 bridgehead atoms. The van der Waals surface area contributed by atoms with Gasteiger partial charge in [0.2, 0.25) is 0 Å². The molecule has 6 nitrogen and oxygen atoms in total. The van der Waals surface area contributed by atoms with Crippen molar-refractivity contribution in [3.8, 4) is 11.8 Å². The second kappa shape index (κ2) is 7.74. The Morgan fingerprint density at radius 1 is 1.12 bits per heavy atom. The van der Waals surface area contributed by atoms with Gasteiger partial charge in [-0.05, 0) is 43.3 Å². The molecule has 0 aromatic heterocycles. The van der Waals surface area contributed by atoms with Gasteiger partial charge in [0.05, 0.1) is 11.6 Å². The minimum Gasteiger partial charge on any atom is -0.478 e. The molecule has 0 saturated carbocycles. The number of hydrogen-bond acceptors (Lipinski definition) is 4. The lowest BCUT2D eigenvalue weighted by Gasteiger charge is -2.15. The van der Waals surface area contributed by atoms with Crippen LogP contribution in [0.3, 0.4) is 0 Å². The number of amides is 2. The Kier molecular flexibility index (Phi) is 5.47. The summed E-state index contributed by atoms with van der Waals surface area (Å²) < 4.78 is 18.7. The molecule has 0 aliphatic heterocycles. The average Bonchev–Trinajstić information content (AvgIpc) is 2.61. The Morgan fingerprint density at radius 3 is 2.42 bits per heavy atom. The maximum absolute atomic E-state index is 13.5. The Morgan fingerprint density at radius 2 is 1.79 bits per heavy atom. The van der Waals surface area contributed by atoms with Gasteiger partial charge in [-0.1, -0.05) is 12.1 Å². The summed E-state index contributed by atoms with van der Waals surface area (Å²) in [5.74, 6) is -1.83. The van der Waals surface area contributed by atoms with Crippen LogP contribution in [0.4, 0.5) is 4.39 Å². The van der Waals surface area contributed by atoms with E-state index >= 15 is 0 Å². The first-order chi connectivity index (χ1) is 11.5. The molecule has 2 amide bonds. The Balaban J connectivity index is 1.88. The summed E-state index contributed by atoms with van der Waals surface area (Å²) in [7, 11) is 0. The highest BCUT2D eigenvalue weighted by Crippen LogP contribution is 2.16. The second-order valence-corrected chi connectivity index (χ2v) is 4.82. The van der Waals surface area contributed by atoms with Crippen molar-refractivity contribution in [3.05, 3.63) is 65.5 Å². The largest absolute Gasteiger partial charge is 0.478 e. The van der Waals surface area contributed by atoms with E-state index in [1.54, 1.807) is 6.07 Å². The number of para-hydroxylation sites is 1. The van der Waals surface area contributed by atoms with E-state index in [1.807, 2.05) is 6.07 Å². The van der Waals surface area contributed by atoms with Gasteiger partial charge in [-0.15, -0.1) is 0 Å². The van der Waals surface area contributed by atoms with Crippen molar-refractivity contribution in [3.63, 3.8) is 0 Å². The molecule has 0 saturated heterocycles. The fourth-order valence-corrected chi connectivity index (χ4v) is 1.77. The van der Waals surface area contributed by atoms with E-state index in [-0.39, 0.29) is 11.3 Å². The van der Waals surface area contributed by atoms with Crippen LogP contribution in [0.15, 0.2) is 48.5 Å². The molecule has 2 aromatic carbocycles. The summed E-state index contributed by atoms with van der Waals surface area (Å²) in [4.78, 5) is 23.8. The summed E-state index contributed by atoms with van der Waals surface area (Å²) in [5.41, 5.74) is 5.11. The predicted octanol–water partition coefficient (Wildman–Crippen LogP) is 1.93. The lowest BCUT2D eigenvalue weighted by atomic mass is 10.1. The number of nitrogens with one attached hydrogen (secondary N) is 2. The molecular weight excluding hydrogens is 313 g/mol. The SMILES string of the molecule is C[C@@H](Oc1ccccc1F)C(=O)NNC(=O)c1ccc(C#N)cc1. The third kappa shape index (κ3) is 4.30. The average molecular weight is 327 g/mol. The van der Waals surface area contributed by atoms with Crippen molar-refractivity contribution >= 4 is 11.8 Å². The van der Waals surface area contributed by atoms with Crippen LogP contribution in [-0.2, 0) is 4.79 Å². The van der Waals surface area contributed by atoms with Gasteiger partial charge in [0, 0.05) is 5.56 Å². The van der Waals surface area contributed by atoms with Crippen LogP contribution in [-0.4, -0.2) is 17.9 Å². The minimum absolute atomic E-state index is 0.0569. The molecule has 122 valence electrons. The van der Waals surface area contributed by atoms with E-state index in [4.69, 9.17) is 10.00 Å². The summed E-state index contributed by atoms with van der Waals surface area (Å²) >= 11 is 0. The molecular formula is C17H14FN3O3. The highest BCUT2D eigenvalue weighted by molar-refractivity contribution is 5.95. The zero-order valence-corrected chi connectivity index (χ0v) is 12.7. The zero-order chi connectivity index (χ0) is 17.5. The number of ether oxygens (including phenoxy) is 1. The number of carbonyl (C=O) groups excluding carboxylic acids is 2. The fourth-order valence-electron chi connectivity index (χ4n) is 1.77. The van der Waals surface area contributed by atoms with Crippen LogP contribution in [0.25, 0.3) is 0 Å².